The van der Waals surface area contributed by atoms with Gasteiger partial charge in [0.25, 0.3) is 0 Å². The van der Waals surface area contributed by atoms with E-state index in [0.29, 0.717) is 6.42 Å². The first-order valence-electron chi connectivity index (χ1n) is 8.13. The molecule has 0 atom stereocenters. The molecule has 1 aliphatic heterocycles. The molecule has 5 heteroatoms. The monoisotopic (exact) mass is 342 g/mol. The summed E-state index contributed by atoms with van der Waals surface area (Å²) in [7, 11) is 1.66. The Balaban J connectivity index is 1.59. The van der Waals surface area contributed by atoms with E-state index in [9.17, 15) is 4.79 Å². The van der Waals surface area contributed by atoms with E-state index in [1.165, 1.54) is 0 Å². The minimum absolute atomic E-state index is 0.169. The van der Waals surface area contributed by atoms with E-state index in [1.807, 2.05) is 47.4 Å². The zero-order valence-electron chi connectivity index (χ0n) is 13.8. The number of fused-ring (bicyclic) bond motifs is 1. The molecule has 0 aromatic heterocycles. The van der Waals surface area contributed by atoms with E-state index in [0.717, 1.165) is 52.7 Å². The molecule has 0 saturated heterocycles. The van der Waals surface area contributed by atoms with Crippen molar-refractivity contribution < 1.29 is 9.53 Å². The van der Waals surface area contributed by atoms with Gasteiger partial charge < -0.3 is 15.4 Å². The summed E-state index contributed by atoms with van der Waals surface area (Å²) in [5, 5.41) is 0. The van der Waals surface area contributed by atoms with Crippen molar-refractivity contribution >= 4 is 29.0 Å². The maximum absolute atomic E-state index is 12.6. The van der Waals surface area contributed by atoms with Crippen LogP contribution in [0, 0.1) is 0 Å². The van der Waals surface area contributed by atoms with Crippen molar-refractivity contribution in [2.24, 2.45) is 0 Å². The molecule has 0 aliphatic carbocycles. The maximum atomic E-state index is 12.6. The molecule has 4 nitrogen and oxygen atoms in total. The molecule has 0 saturated carbocycles. The van der Waals surface area contributed by atoms with Gasteiger partial charge in [-0.2, -0.15) is 0 Å². The summed E-state index contributed by atoms with van der Waals surface area (Å²) in [5.74, 6) is 1.78. The van der Waals surface area contributed by atoms with Crippen LogP contribution in [0.15, 0.2) is 47.4 Å². The standard InChI is InChI=1S/C19H22N2O2S/c1-23-14-7-9-15(10-8-14)24-13-11-19(22)21-12-3-4-16-17(20)5-2-6-18(16)21/h2,5-10H,3-4,11-13,20H2,1H3. The van der Waals surface area contributed by atoms with Crippen molar-refractivity contribution in [2.45, 2.75) is 24.2 Å². The van der Waals surface area contributed by atoms with Gasteiger partial charge in [0.2, 0.25) is 5.91 Å². The summed E-state index contributed by atoms with van der Waals surface area (Å²) in [6, 6.07) is 13.7. The third-order valence-electron chi connectivity index (χ3n) is 4.23. The van der Waals surface area contributed by atoms with Crippen molar-refractivity contribution in [3.05, 3.63) is 48.0 Å². The van der Waals surface area contributed by atoms with Gasteiger partial charge in [-0.05, 0) is 54.8 Å². The van der Waals surface area contributed by atoms with Crippen LogP contribution >= 0.6 is 11.8 Å². The quantitative estimate of drug-likeness (QED) is 0.664. The number of carbonyl (C=O) groups excluding carboxylic acids is 1. The van der Waals surface area contributed by atoms with Crippen LogP contribution in [0.1, 0.15) is 18.4 Å². The molecule has 2 N–H and O–H groups in total. The summed E-state index contributed by atoms with van der Waals surface area (Å²) in [5.41, 5.74) is 8.94. The zero-order chi connectivity index (χ0) is 16.9. The Morgan fingerprint density at radius 2 is 2.04 bits per heavy atom. The highest BCUT2D eigenvalue weighted by atomic mass is 32.2. The van der Waals surface area contributed by atoms with Crippen LogP contribution in [0.2, 0.25) is 0 Å². The smallest absolute Gasteiger partial charge is 0.227 e. The van der Waals surface area contributed by atoms with Crippen LogP contribution in [-0.2, 0) is 11.2 Å². The van der Waals surface area contributed by atoms with E-state index in [2.05, 4.69) is 0 Å². The predicted octanol–water partition coefficient (Wildman–Crippen LogP) is 3.74. The molecular formula is C19H22N2O2S. The van der Waals surface area contributed by atoms with Crippen molar-refractivity contribution in [1.29, 1.82) is 0 Å². The van der Waals surface area contributed by atoms with Gasteiger partial charge in [-0.15, -0.1) is 11.8 Å². The number of nitrogens with zero attached hydrogens (tertiary/aromatic N) is 1. The molecule has 2 aromatic carbocycles. The average Bonchev–Trinajstić information content (AvgIpc) is 2.62. The average molecular weight is 342 g/mol. The highest BCUT2D eigenvalue weighted by Gasteiger charge is 2.23. The highest BCUT2D eigenvalue weighted by molar-refractivity contribution is 7.99. The Hall–Kier alpha value is -2.14. The van der Waals surface area contributed by atoms with Crippen LogP contribution in [0.5, 0.6) is 5.75 Å². The van der Waals surface area contributed by atoms with Crippen molar-refractivity contribution in [1.82, 2.24) is 0 Å². The van der Waals surface area contributed by atoms with Gasteiger partial charge in [-0.25, -0.2) is 0 Å². The Morgan fingerprint density at radius 3 is 2.79 bits per heavy atom. The molecule has 3 rings (SSSR count). The van der Waals surface area contributed by atoms with Gasteiger partial charge >= 0.3 is 0 Å². The Morgan fingerprint density at radius 1 is 1.25 bits per heavy atom. The zero-order valence-corrected chi connectivity index (χ0v) is 14.6. The van der Waals surface area contributed by atoms with Crippen LogP contribution < -0.4 is 15.4 Å². The summed E-state index contributed by atoms with van der Waals surface area (Å²) >= 11 is 1.69. The summed E-state index contributed by atoms with van der Waals surface area (Å²) in [6.07, 6.45) is 2.44. The molecule has 1 aliphatic rings. The maximum Gasteiger partial charge on any atom is 0.227 e. The Labute approximate surface area is 147 Å². The topological polar surface area (TPSA) is 55.6 Å². The summed E-state index contributed by atoms with van der Waals surface area (Å²) < 4.78 is 5.15. The summed E-state index contributed by atoms with van der Waals surface area (Å²) in [6.45, 7) is 0.780. The van der Waals surface area contributed by atoms with Gasteiger partial charge in [0.05, 0.1) is 7.11 Å². The molecule has 1 heterocycles. The number of thioether (sulfide) groups is 1. The van der Waals surface area contributed by atoms with Gasteiger partial charge in [0.15, 0.2) is 0 Å². The largest absolute Gasteiger partial charge is 0.497 e. The number of hydrogen-bond acceptors (Lipinski definition) is 4. The van der Waals surface area contributed by atoms with Crippen molar-refractivity contribution in [2.75, 3.05) is 30.0 Å². The lowest BCUT2D eigenvalue weighted by Gasteiger charge is -2.30. The SMILES string of the molecule is COc1ccc(SCCC(=O)N2CCCc3c(N)cccc32)cc1. The molecule has 0 fully saturated rings. The van der Waals surface area contributed by atoms with Crippen LogP contribution in [0.4, 0.5) is 11.4 Å². The number of benzene rings is 2. The molecule has 24 heavy (non-hydrogen) atoms. The third-order valence-corrected chi connectivity index (χ3v) is 5.25. The summed E-state index contributed by atoms with van der Waals surface area (Å²) in [4.78, 5) is 15.7. The minimum Gasteiger partial charge on any atom is -0.497 e. The molecule has 0 spiro atoms. The fraction of sp³-hybridized carbons (Fsp3) is 0.316. The first-order valence-corrected chi connectivity index (χ1v) is 9.12. The number of nitrogens with two attached hydrogens (primary N) is 1. The van der Waals surface area contributed by atoms with Gasteiger partial charge in [0, 0.05) is 35.0 Å². The second-order valence-corrected chi connectivity index (χ2v) is 6.94. The lowest BCUT2D eigenvalue weighted by Crippen LogP contribution is -2.35. The van der Waals surface area contributed by atoms with Crippen LogP contribution in [0.3, 0.4) is 0 Å². The van der Waals surface area contributed by atoms with E-state index in [4.69, 9.17) is 10.5 Å². The molecule has 0 radical (unpaired) electrons. The first-order chi connectivity index (χ1) is 11.7. The molecule has 0 unspecified atom stereocenters. The number of hydrogen-bond donors (Lipinski definition) is 1. The molecule has 1 amide bonds. The van der Waals surface area contributed by atoms with E-state index < -0.39 is 0 Å². The fourth-order valence-corrected chi connectivity index (χ4v) is 3.81. The molecule has 126 valence electrons. The highest BCUT2D eigenvalue weighted by Crippen LogP contribution is 2.32. The number of methoxy groups -OCH3 is 1. The Kier molecular flexibility index (Phi) is 5.30. The van der Waals surface area contributed by atoms with E-state index in [-0.39, 0.29) is 5.91 Å². The number of anilines is 2. The third kappa shape index (κ3) is 3.67. The second-order valence-electron chi connectivity index (χ2n) is 5.77. The lowest BCUT2D eigenvalue weighted by atomic mass is 9.99. The number of amides is 1. The van der Waals surface area contributed by atoms with Gasteiger partial charge in [-0.1, -0.05) is 6.07 Å². The van der Waals surface area contributed by atoms with E-state index >= 15 is 0 Å². The molecular weight excluding hydrogens is 320 g/mol. The molecule has 2 aromatic rings. The van der Waals surface area contributed by atoms with Crippen LogP contribution in [0.25, 0.3) is 0 Å². The van der Waals surface area contributed by atoms with Gasteiger partial charge in [-0.3, -0.25) is 4.79 Å². The van der Waals surface area contributed by atoms with E-state index in [1.54, 1.807) is 18.9 Å². The Bertz CT molecular complexity index is 716. The number of rotatable bonds is 5. The fourth-order valence-electron chi connectivity index (χ4n) is 2.97. The van der Waals surface area contributed by atoms with Gasteiger partial charge in [0.1, 0.15) is 5.75 Å². The predicted molar refractivity (Wildman–Crippen MR) is 99.9 cm³/mol. The van der Waals surface area contributed by atoms with Crippen LogP contribution in [-0.4, -0.2) is 25.3 Å². The van der Waals surface area contributed by atoms with Crippen molar-refractivity contribution in [3.63, 3.8) is 0 Å². The number of nitrogen functional groups attached to an aromatic ring is 1. The second kappa shape index (κ2) is 7.62. The minimum atomic E-state index is 0.169. The number of carbonyl (C=O) groups is 1. The number of ether oxygens (including phenoxy) is 1. The molecule has 0 bridgehead atoms. The lowest BCUT2D eigenvalue weighted by molar-refractivity contribution is -0.118. The first kappa shape index (κ1) is 16.7. The van der Waals surface area contributed by atoms with Crippen molar-refractivity contribution in [3.8, 4) is 5.75 Å². The normalized spacial score (nSPS) is 13.5.